The highest BCUT2D eigenvalue weighted by atomic mass is 16.5. The summed E-state index contributed by atoms with van der Waals surface area (Å²) in [5.41, 5.74) is 1.12. The molecule has 4 nitrogen and oxygen atoms in total. The van der Waals surface area contributed by atoms with E-state index < -0.39 is 6.10 Å². The predicted octanol–water partition coefficient (Wildman–Crippen LogP) is 2.05. The zero-order valence-electron chi connectivity index (χ0n) is 9.41. The van der Waals surface area contributed by atoms with Crippen LogP contribution in [0, 0.1) is 0 Å². The number of ether oxygens (including phenoxy) is 1. The molecule has 1 aromatic heterocycles. The van der Waals surface area contributed by atoms with Crippen molar-refractivity contribution in [3.63, 3.8) is 0 Å². The zero-order valence-corrected chi connectivity index (χ0v) is 9.41. The van der Waals surface area contributed by atoms with Crippen LogP contribution < -0.4 is 0 Å². The van der Waals surface area contributed by atoms with Crippen molar-refractivity contribution >= 4 is 5.78 Å². The van der Waals surface area contributed by atoms with Crippen LogP contribution in [0.3, 0.4) is 0 Å². The first-order chi connectivity index (χ1) is 8.33. The molecule has 1 aromatic carbocycles. The summed E-state index contributed by atoms with van der Waals surface area (Å²) >= 11 is 0. The topological polar surface area (TPSA) is 52.1 Å². The first-order valence-electron chi connectivity index (χ1n) is 5.21. The average Bonchev–Trinajstić information content (AvgIpc) is 2.42. The molecule has 0 radical (unpaired) electrons. The van der Waals surface area contributed by atoms with Gasteiger partial charge < -0.3 is 4.74 Å². The fraction of sp³-hybridized carbons (Fsp3) is 0.154. The maximum atomic E-state index is 12.1. The van der Waals surface area contributed by atoms with Crippen LogP contribution in [0.5, 0.6) is 0 Å². The highest BCUT2D eigenvalue weighted by Gasteiger charge is 2.22. The number of benzene rings is 1. The lowest BCUT2D eigenvalue weighted by molar-refractivity contribution is 0.0598. The molecule has 0 fully saturated rings. The molecule has 17 heavy (non-hydrogen) atoms. The molecule has 2 rings (SSSR count). The second-order valence-electron chi connectivity index (χ2n) is 3.48. The Labute approximate surface area is 99.3 Å². The fourth-order valence-corrected chi connectivity index (χ4v) is 1.58. The van der Waals surface area contributed by atoms with Gasteiger partial charge in [-0.2, -0.15) is 0 Å². The number of hydrogen-bond donors (Lipinski definition) is 0. The molecule has 0 amide bonds. The van der Waals surface area contributed by atoms with Crippen LogP contribution in [0.15, 0.2) is 48.9 Å². The fourth-order valence-electron chi connectivity index (χ4n) is 1.58. The van der Waals surface area contributed by atoms with Gasteiger partial charge in [0.15, 0.2) is 0 Å². The minimum Gasteiger partial charge on any atom is -0.368 e. The van der Waals surface area contributed by atoms with Gasteiger partial charge in [-0.05, 0) is 5.56 Å². The Hall–Kier alpha value is -2.07. The van der Waals surface area contributed by atoms with Crippen molar-refractivity contribution in [1.29, 1.82) is 0 Å². The number of carbonyl (C=O) groups excluding carboxylic acids is 1. The van der Waals surface area contributed by atoms with Crippen LogP contribution in [0.2, 0.25) is 0 Å². The molecule has 2 aromatic rings. The predicted molar refractivity (Wildman–Crippen MR) is 62.6 cm³/mol. The number of carbonyl (C=O) groups is 1. The maximum Gasteiger partial charge on any atom is 0.215 e. The number of ketones is 1. The van der Waals surface area contributed by atoms with Gasteiger partial charge in [-0.1, -0.05) is 30.3 Å². The lowest BCUT2D eigenvalue weighted by Crippen LogP contribution is -2.16. The quantitative estimate of drug-likeness (QED) is 0.751. The van der Waals surface area contributed by atoms with E-state index in [-0.39, 0.29) is 5.78 Å². The molecule has 0 spiro atoms. The van der Waals surface area contributed by atoms with Gasteiger partial charge in [0.1, 0.15) is 11.8 Å². The van der Waals surface area contributed by atoms with Gasteiger partial charge in [-0.15, -0.1) is 0 Å². The number of rotatable bonds is 4. The van der Waals surface area contributed by atoms with Gasteiger partial charge in [-0.3, -0.25) is 9.78 Å². The number of Topliss-reactive ketones (excluding diaryl/α,β-unsaturated/α-hetero) is 1. The Morgan fingerprint density at radius 2 is 2.00 bits per heavy atom. The molecule has 1 atom stereocenters. The highest BCUT2D eigenvalue weighted by molar-refractivity contribution is 5.98. The molecule has 0 saturated carbocycles. The van der Waals surface area contributed by atoms with Gasteiger partial charge in [-0.25, -0.2) is 4.98 Å². The van der Waals surface area contributed by atoms with Crippen molar-refractivity contribution in [3.05, 3.63) is 60.2 Å². The molecule has 0 bridgehead atoms. The first kappa shape index (κ1) is 11.4. The Kier molecular flexibility index (Phi) is 3.57. The van der Waals surface area contributed by atoms with Gasteiger partial charge in [0.05, 0.1) is 6.20 Å². The first-order valence-corrected chi connectivity index (χ1v) is 5.21. The number of aromatic nitrogens is 2. The third kappa shape index (κ3) is 2.54. The molecule has 0 saturated heterocycles. The van der Waals surface area contributed by atoms with Crippen molar-refractivity contribution in [2.75, 3.05) is 7.11 Å². The molecule has 4 heteroatoms. The molecule has 0 aliphatic rings. The summed E-state index contributed by atoms with van der Waals surface area (Å²) in [4.78, 5) is 20.0. The van der Waals surface area contributed by atoms with E-state index in [4.69, 9.17) is 4.74 Å². The van der Waals surface area contributed by atoms with E-state index in [0.29, 0.717) is 5.69 Å². The molecule has 0 aliphatic carbocycles. The molecule has 1 heterocycles. The second-order valence-corrected chi connectivity index (χ2v) is 3.48. The van der Waals surface area contributed by atoms with Crippen molar-refractivity contribution in [2.45, 2.75) is 6.10 Å². The van der Waals surface area contributed by atoms with Crippen LogP contribution in [0.1, 0.15) is 22.2 Å². The molecule has 0 N–H and O–H groups in total. The minimum absolute atomic E-state index is 0.188. The summed E-state index contributed by atoms with van der Waals surface area (Å²) in [6.45, 7) is 0. The lowest BCUT2D eigenvalue weighted by atomic mass is 10.0. The molecular weight excluding hydrogens is 216 g/mol. The third-order valence-electron chi connectivity index (χ3n) is 2.39. The van der Waals surface area contributed by atoms with Gasteiger partial charge in [0, 0.05) is 19.5 Å². The van der Waals surface area contributed by atoms with E-state index in [1.54, 1.807) is 0 Å². The smallest absolute Gasteiger partial charge is 0.215 e. The van der Waals surface area contributed by atoms with E-state index in [1.165, 1.54) is 25.7 Å². The SMILES string of the molecule is COC(C(=O)c1cnccn1)c1ccccc1. The van der Waals surface area contributed by atoms with Crippen LogP contribution in [0.25, 0.3) is 0 Å². The second kappa shape index (κ2) is 5.32. The lowest BCUT2D eigenvalue weighted by Gasteiger charge is -2.13. The molecule has 0 aliphatic heterocycles. The van der Waals surface area contributed by atoms with Gasteiger partial charge in [0.25, 0.3) is 0 Å². The van der Waals surface area contributed by atoms with Gasteiger partial charge >= 0.3 is 0 Å². The zero-order chi connectivity index (χ0) is 12.1. The summed E-state index contributed by atoms with van der Waals surface area (Å²) in [7, 11) is 1.51. The maximum absolute atomic E-state index is 12.1. The van der Waals surface area contributed by atoms with E-state index in [2.05, 4.69) is 9.97 Å². The average molecular weight is 228 g/mol. The summed E-state index contributed by atoms with van der Waals surface area (Å²) in [6.07, 6.45) is 3.83. The van der Waals surface area contributed by atoms with Crippen LogP contribution >= 0.6 is 0 Å². The Morgan fingerprint density at radius 1 is 1.24 bits per heavy atom. The monoisotopic (exact) mass is 228 g/mol. The summed E-state index contributed by atoms with van der Waals surface area (Å²) in [5, 5.41) is 0. The van der Waals surface area contributed by atoms with E-state index in [0.717, 1.165) is 5.56 Å². The number of nitrogens with zero attached hydrogens (tertiary/aromatic N) is 2. The van der Waals surface area contributed by atoms with Crippen LogP contribution in [-0.4, -0.2) is 22.9 Å². The van der Waals surface area contributed by atoms with Crippen molar-refractivity contribution in [1.82, 2.24) is 9.97 Å². The third-order valence-corrected chi connectivity index (χ3v) is 2.39. The van der Waals surface area contributed by atoms with Crippen LogP contribution in [0.4, 0.5) is 0 Å². The van der Waals surface area contributed by atoms with Crippen molar-refractivity contribution in [3.8, 4) is 0 Å². The normalized spacial score (nSPS) is 12.1. The summed E-state index contributed by atoms with van der Waals surface area (Å²) < 4.78 is 5.24. The molecular formula is C13H12N2O2. The number of methoxy groups -OCH3 is 1. The van der Waals surface area contributed by atoms with E-state index in [1.807, 2.05) is 30.3 Å². The Balaban J connectivity index is 2.29. The minimum atomic E-state index is -0.632. The Morgan fingerprint density at radius 3 is 2.59 bits per heavy atom. The van der Waals surface area contributed by atoms with Gasteiger partial charge in [0.2, 0.25) is 5.78 Å². The highest BCUT2D eigenvalue weighted by Crippen LogP contribution is 2.20. The van der Waals surface area contributed by atoms with Crippen molar-refractivity contribution < 1.29 is 9.53 Å². The Bertz CT molecular complexity index is 485. The molecule has 86 valence electrons. The largest absolute Gasteiger partial charge is 0.368 e. The standard InChI is InChI=1S/C13H12N2O2/c1-17-13(10-5-3-2-4-6-10)12(16)11-9-14-7-8-15-11/h2-9,13H,1H3. The summed E-state index contributed by atoms with van der Waals surface area (Å²) in [6, 6.07) is 9.32. The summed E-state index contributed by atoms with van der Waals surface area (Å²) in [5.74, 6) is -0.188. The van der Waals surface area contributed by atoms with Crippen LogP contribution in [-0.2, 0) is 4.74 Å². The van der Waals surface area contributed by atoms with E-state index >= 15 is 0 Å². The van der Waals surface area contributed by atoms with E-state index in [9.17, 15) is 4.79 Å². The molecule has 1 unspecified atom stereocenters. The van der Waals surface area contributed by atoms with Crippen molar-refractivity contribution in [2.24, 2.45) is 0 Å². The number of hydrogen-bond acceptors (Lipinski definition) is 4.